The molecule has 2 unspecified atom stereocenters. The highest BCUT2D eigenvalue weighted by Gasteiger charge is 2.35. The van der Waals surface area contributed by atoms with Crippen LogP contribution in [0.2, 0.25) is 0 Å². The van der Waals surface area contributed by atoms with Gasteiger partial charge < -0.3 is 30.5 Å². The number of carbonyl (C=O) groups is 2. The Morgan fingerprint density at radius 2 is 1.22 bits per heavy atom. The van der Waals surface area contributed by atoms with E-state index in [-0.39, 0.29) is 12.5 Å². The summed E-state index contributed by atoms with van der Waals surface area (Å²) >= 11 is 0. The van der Waals surface area contributed by atoms with E-state index in [0.717, 1.165) is 19.3 Å². The number of hydrogen-bond donors (Lipinski definition) is 5. The first-order valence-electron chi connectivity index (χ1n) is 14.8. The Kier molecular flexibility index (Phi) is 22.0. The van der Waals surface area contributed by atoms with Gasteiger partial charge in [0.25, 0.3) is 5.91 Å². The number of aliphatic hydroxyl groups is 4. The maximum Gasteiger partial charge on any atom is 0.328 e. The molecule has 8 nitrogen and oxygen atoms in total. The van der Waals surface area contributed by atoms with Crippen LogP contribution in [0.4, 0.5) is 0 Å². The van der Waals surface area contributed by atoms with Crippen LogP contribution < -0.4 is 5.32 Å². The van der Waals surface area contributed by atoms with Crippen molar-refractivity contribution in [3.05, 3.63) is 0 Å². The van der Waals surface area contributed by atoms with E-state index in [2.05, 4.69) is 12.2 Å². The lowest BCUT2D eigenvalue weighted by Gasteiger charge is -2.28. The molecule has 0 aromatic rings. The van der Waals surface area contributed by atoms with Gasteiger partial charge in [-0.3, -0.25) is 4.79 Å². The van der Waals surface area contributed by atoms with Gasteiger partial charge in [-0.2, -0.15) is 0 Å². The minimum absolute atomic E-state index is 0.224. The molecule has 0 saturated heterocycles. The quantitative estimate of drug-likeness (QED) is 0.0927. The van der Waals surface area contributed by atoms with Gasteiger partial charge in [0.05, 0.1) is 25.4 Å². The molecule has 0 saturated carbocycles. The average molecular weight is 532 g/mol. The van der Waals surface area contributed by atoms with Crippen molar-refractivity contribution in [2.24, 2.45) is 11.8 Å². The van der Waals surface area contributed by atoms with Crippen molar-refractivity contribution in [2.45, 2.75) is 148 Å². The van der Waals surface area contributed by atoms with Gasteiger partial charge in [-0.15, -0.1) is 0 Å². The van der Waals surface area contributed by atoms with Crippen molar-refractivity contribution in [1.29, 1.82) is 0 Å². The Hall–Kier alpha value is -1.22. The number of ether oxygens (including phenoxy) is 1. The second-order valence-electron chi connectivity index (χ2n) is 10.7. The molecule has 0 rings (SSSR count). The van der Waals surface area contributed by atoms with E-state index in [0.29, 0.717) is 6.42 Å². The van der Waals surface area contributed by atoms with Gasteiger partial charge in [-0.05, 0) is 12.3 Å². The number of carbonyl (C=O) groups excluding carboxylic acids is 2. The fourth-order valence-electron chi connectivity index (χ4n) is 4.30. The fourth-order valence-corrected chi connectivity index (χ4v) is 4.30. The van der Waals surface area contributed by atoms with E-state index in [1.54, 1.807) is 6.92 Å². The van der Waals surface area contributed by atoms with Crippen LogP contribution in [-0.4, -0.2) is 69.9 Å². The number of rotatable bonds is 24. The summed E-state index contributed by atoms with van der Waals surface area (Å²) in [5.41, 5.74) is 0. The Balaban J connectivity index is 4.16. The van der Waals surface area contributed by atoms with E-state index < -0.39 is 48.8 Å². The van der Waals surface area contributed by atoms with Crippen LogP contribution in [0.15, 0.2) is 0 Å². The molecular weight excluding hydrogens is 474 g/mol. The van der Waals surface area contributed by atoms with Gasteiger partial charge in [0.15, 0.2) is 6.10 Å². The van der Waals surface area contributed by atoms with Gasteiger partial charge in [-0.25, -0.2) is 4.79 Å². The predicted octanol–water partition coefficient (Wildman–Crippen LogP) is 4.25. The van der Waals surface area contributed by atoms with Crippen molar-refractivity contribution in [2.75, 3.05) is 13.2 Å². The second kappa shape index (κ2) is 22.7. The smallest absolute Gasteiger partial charge is 0.328 e. The van der Waals surface area contributed by atoms with E-state index in [9.17, 15) is 24.9 Å². The maximum atomic E-state index is 12.6. The third-order valence-corrected chi connectivity index (χ3v) is 7.43. The first-order chi connectivity index (χ1) is 17.7. The van der Waals surface area contributed by atoms with Crippen LogP contribution in [0.5, 0.6) is 0 Å². The topological polar surface area (TPSA) is 136 Å². The van der Waals surface area contributed by atoms with Crippen molar-refractivity contribution < 1.29 is 34.8 Å². The summed E-state index contributed by atoms with van der Waals surface area (Å²) in [7, 11) is 0. The summed E-state index contributed by atoms with van der Waals surface area (Å²) < 4.78 is 5.41. The van der Waals surface area contributed by atoms with Crippen LogP contribution in [0, 0.1) is 11.8 Å². The zero-order chi connectivity index (χ0) is 28.1. The van der Waals surface area contributed by atoms with E-state index in [1.165, 1.54) is 77.6 Å². The first kappa shape index (κ1) is 35.8. The molecule has 37 heavy (non-hydrogen) atoms. The highest BCUT2D eigenvalue weighted by atomic mass is 16.5. The Bertz CT molecular complexity index is 574. The zero-order valence-corrected chi connectivity index (χ0v) is 24.0. The number of amides is 1. The molecule has 0 aliphatic rings. The normalized spacial score (nSPS) is 16.4. The Morgan fingerprint density at radius 1 is 0.757 bits per heavy atom. The summed E-state index contributed by atoms with van der Waals surface area (Å²) in [6, 6.07) is -0.941. The molecular formula is C29H57NO7. The molecule has 0 heterocycles. The summed E-state index contributed by atoms with van der Waals surface area (Å²) in [6.07, 6.45) is 13.3. The van der Waals surface area contributed by atoms with E-state index in [4.69, 9.17) is 9.84 Å². The lowest BCUT2D eigenvalue weighted by atomic mass is 9.93. The third kappa shape index (κ3) is 16.4. The molecule has 5 N–H and O–H groups in total. The molecule has 0 aromatic heterocycles. The van der Waals surface area contributed by atoms with Crippen LogP contribution in [0.3, 0.4) is 0 Å². The molecule has 0 aliphatic heterocycles. The number of nitrogens with one attached hydrogen (secondary N) is 1. The van der Waals surface area contributed by atoms with Crippen LogP contribution in [-0.2, 0) is 14.3 Å². The SMILES string of the molecule is CCCCCCCCCCCCCCCCOC(=O)C(NC(=O)[C@H](O)[C@@H](O)[C@H](C)[C@H](O)CO)C(C)CC. The number of hydrogen-bond acceptors (Lipinski definition) is 7. The highest BCUT2D eigenvalue weighted by molar-refractivity contribution is 5.87. The minimum atomic E-state index is -1.85. The van der Waals surface area contributed by atoms with Crippen molar-refractivity contribution in [3.8, 4) is 0 Å². The van der Waals surface area contributed by atoms with E-state index >= 15 is 0 Å². The Morgan fingerprint density at radius 3 is 1.65 bits per heavy atom. The average Bonchev–Trinajstić information content (AvgIpc) is 2.91. The summed E-state index contributed by atoms with van der Waals surface area (Å²) in [4.78, 5) is 25.1. The lowest BCUT2D eigenvalue weighted by Crippen LogP contribution is -2.54. The van der Waals surface area contributed by atoms with E-state index in [1.807, 2.05) is 6.92 Å². The number of aliphatic hydroxyl groups excluding tert-OH is 4. The first-order valence-corrected chi connectivity index (χ1v) is 14.8. The Labute approximate surface area is 225 Å². The van der Waals surface area contributed by atoms with Crippen LogP contribution >= 0.6 is 0 Å². The molecule has 6 atom stereocenters. The lowest BCUT2D eigenvalue weighted by molar-refractivity contribution is -0.153. The molecule has 1 amide bonds. The third-order valence-electron chi connectivity index (χ3n) is 7.43. The molecule has 0 radical (unpaired) electrons. The van der Waals surface area contributed by atoms with Gasteiger partial charge in [0.1, 0.15) is 6.04 Å². The van der Waals surface area contributed by atoms with Gasteiger partial charge in [-0.1, -0.05) is 118 Å². The van der Waals surface area contributed by atoms with Crippen LogP contribution in [0.1, 0.15) is 124 Å². The molecule has 8 heteroatoms. The summed E-state index contributed by atoms with van der Waals surface area (Å²) in [5, 5.41) is 41.5. The van der Waals surface area contributed by atoms with Crippen LogP contribution in [0.25, 0.3) is 0 Å². The fraction of sp³-hybridized carbons (Fsp3) is 0.931. The van der Waals surface area contributed by atoms with Crippen molar-refractivity contribution >= 4 is 11.9 Å². The van der Waals surface area contributed by atoms with Crippen molar-refractivity contribution in [1.82, 2.24) is 5.32 Å². The molecule has 0 spiro atoms. The molecule has 0 fully saturated rings. The van der Waals surface area contributed by atoms with Gasteiger partial charge in [0.2, 0.25) is 0 Å². The van der Waals surface area contributed by atoms with Crippen molar-refractivity contribution in [3.63, 3.8) is 0 Å². The second-order valence-corrected chi connectivity index (χ2v) is 10.7. The predicted molar refractivity (Wildman–Crippen MR) is 147 cm³/mol. The summed E-state index contributed by atoms with van der Waals surface area (Å²) in [6.45, 7) is 7.03. The minimum Gasteiger partial charge on any atom is -0.464 e. The van der Waals surface area contributed by atoms with Gasteiger partial charge >= 0.3 is 5.97 Å². The maximum absolute atomic E-state index is 12.6. The molecule has 0 bridgehead atoms. The number of esters is 1. The van der Waals surface area contributed by atoms with Gasteiger partial charge in [0, 0.05) is 5.92 Å². The molecule has 220 valence electrons. The standard InChI is InChI=1S/C29H57NO7/c1-5-7-8-9-10-11-12-13-14-15-16-17-18-19-20-37-29(36)25(22(3)6-2)30-28(35)27(34)26(33)23(4)24(32)21-31/h22-27,31-34H,5-21H2,1-4H3,(H,30,35)/t22?,23-,24-,25?,26+,27-/m1/s1. The largest absolute Gasteiger partial charge is 0.464 e. The summed E-state index contributed by atoms with van der Waals surface area (Å²) in [5.74, 6) is -2.62. The zero-order valence-electron chi connectivity index (χ0n) is 24.0. The number of unbranched alkanes of at least 4 members (excludes halogenated alkanes) is 13. The molecule has 0 aromatic carbocycles. The monoisotopic (exact) mass is 531 g/mol. The highest BCUT2D eigenvalue weighted by Crippen LogP contribution is 2.16. The molecule has 0 aliphatic carbocycles.